The molecule has 0 aliphatic carbocycles. The number of carboxylic acids is 2. The molecule has 216 valence electrons. The van der Waals surface area contributed by atoms with Crippen LogP contribution in [-0.4, -0.2) is 80.0 Å². The van der Waals surface area contributed by atoms with E-state index in [2.05, 4.69) is 30.6 Å². The van der Waals surface area contributed by atoms with Crippen LogP contribution in [0.15, 0.2) is 35.3 Å². The Morgan fingerprint density at radius 3 is 2.12 bits per heavy atom. The van der Waals surface area contributed by atoms with Crippen LogP contribution < -0.4 is 21.9 Å². The van der Waals surface area contributed by atoms with Crippen molar-refractivity contribution in [1.82, 2.24) is 25.3 Å². The summed E-state index contributed by atoms with van der Waals surface area (Å²) in [6.45, 7) is 0.231. The van der Waals surface area contributed by atoms with Gasteiger partial charge in [-0.15, -0.1) is 0 Å². The van der Waals surface area contributed by atoms with Gasteiger partial charge in [-0.3, -0.25) is 28.5 Å². The second-order valence-electron chi connectivity index (χ2n) is 7.57. The molecule has 19 nitrogen and oxygen atoms in total. The summed E-state index contributed by atoms with van der Waals surface area (Å²) < 4.78 is 52.5. The fourth-order valence-electron chi connectivity index (χ4n) is 2.75. The maximum absolute atomic E-state index is 12.3. The number of nitrogen functional groups attached to an aromatic ring is 1. The van der Waals surface area contributed by atoms with E-state index in [1.807, 2.05) is 0 Å². The molecule has 1 unspecified atom stereocenters. The van der Waals surface area contributed by atoms with Crippen LogP contribution in [0.3, 0.4) is 0 Å². The zero-order valence-corrected chi connectivity index (χ0v) is 21.5. The lowest BCUT2D eigenvalue weighted by atomic mass is 10.1. The number of fused-ring (bicyclic) bond motifs is 1. The van der Waals surface area contributed by atoms with Crippen molar-refractivity contribution in [3.8, 4) is 0 Å². The zero-order valence-electron chi connectivity index (χ0n) is 19.9. The Bertz CT molecular complexity index is 1660. The molecule has 0 saturated carbocycles. The number of carboxylic acid groups (broad SMARTS) is 2. The van der Waals surface area contributed by atoms with E-state index in [-0.39, 0.29) is 42.1 Å². The summed E-state index contributed by atoms with van der Waals surface area (Å²) in [7, 11) is -10.6. The van der Waals surface area contributed by atoms with Gasteiger partial charge in [-0.25, -0.2) is 14.8 Å². The Hall–Kier alpha value is -4.73. The van der Waals surface area contributed by atoms with Crippen LogP contribution in [0.5, 0.6) is 0 Å². The van der Waals surface area contributed by atoms with Gasteiger partial charge in [0.25, 0.3) is 11.5 Å². The summed E-state index contributed by atoms with van der Waals surface area (Å²) in [6, 6.07) is 4.86. The summed E-state index contributed by atoms with van der Waals surface area (Å²) >= 11 is 0. The summed E-state index contributed by atoms with van der Waals surface area (Å²) in [5, 5.41) is 23.2. The van der Waals surface area contributed by atoms with Gasteiger partial charge in [-0.1, -0.05) is 0 Å². The van der Waals surface area contributed by atoms with E-state index in [0.29, 0.717) is 11.4 Å². The summed E-state index contributed by atoms with van der Waals surface area (Å²) in [4.78, 5) is 60.6. The van der Waals surface area contributed by atoms with E-state index < -0.39 is 47.7 Å². The lowest BCUT2D eigenvalue weighted by Crippen LogP contribution is -2.41. The third-order valence-corrected chi connectivity index (χ3v) is 6.75. The average molecular weight is 604 g/mol. The van der Waals surface area contributed by atoms with Crippen LogP contribution in [0.4, 0.5) is 11.6 Å². The van der Waals surface area contributed by atoms with Gasteiger partial charge in [0.1, 0.15) is 6.04 Å². The standard InChI is InChI=1S/C19H19N7O6.H2O6S2/c20-19-25-15-14(17(30)26-19)23-11(8-22-15)7-21-10-3-1-9(2-4-10)16(29)24-12(18(31)32)5-6-13(27)28;1-7(2,3)8(4,5)6/h1-4,8,12,21H,5-7H2,(H,24,29)(H,27,28)(H,31,32)(H3,20,22,25,26,30);(H,1,2,3)(H,4,5,6). The van der Waals surface area contributed by atoms with Crippen molar-refractivity contribution in [1.29, 1.82) is 0 Å². The monoisotopic (exact) mass is 603 g/mol. The number of carbonyl (C=O) groups is 3. The normalized spacial score (nSPS) is 12.1. The number of aromatic amines is 1. The number of rotatable bonds is 10. The fraction of sp³-hybridized carbons (Fsp3) is 0.211. The van der Waals surface area contributed by atoms with Crippen molar-refractivity contribution in [2.24, 2.45) is 0 Å². The number of hydrogen-bond donors (Lipinski definition) is 8. The van der Waals surface area contributed by atoms with Crippen LogP contribution in [-0.2, 0) is 34.4 Å². The SMILES string of the molecule is Nc1nc2ncc(CNc3ccc(C(=O)NC(CCC(=O)O)C(=O)O)cc3)nc2c(=O)[nH]1.O=S(=O)(O)S(=O)(=O)O. The van der Waals surface area contributed by atoms with Crippen molar-refractivity contribution in [2.45, 2.75) is 25.4 Å². The van der Waals surface area contributed by atoms with Crippen molar-refractivity contribution in [2.75, 3.05) is 11.1 Å². The maximum atomic E-state index is 12.3. The number of benzene rings is 1. The molecule has 40 heavy (non-hydrogen) atoms. The molecule has 2 heterocycles. The largest absolute Gasteiger partial charge is 0.481 e. The Kier molecular flexibility index (Phi) is 10.1. The zero-order chi connectivity index (χ0) is 30.3. The molecular weight excluding hydrogens is 582 g/mol. The van der Waals surface area contributed by atoms with Crippen LogP contribution in [0.25, 0.3) is 11.2 Å². The molecule has 9 N–H and O–H groups in total. The molecular formula is C19H21N7O12S2. The number of anilines is 2. The molecule has 0 bridgehead atoms. The van der Waals surface area contributed by atoms with Crippen LogP contribution >= 0.6 is 0 Å². The molecule has 0 saturated heterocycles. The van der Waals surface area contributed by atoms with Gasteiger partial charge >= 0.3 is 30.2 Å². The van der Waals surface area contributed by atoms with Gasteiger partial charge in [0.15, 0.2) is 11.2 Å². The minimum absolute atomic E-state index is 0.0524. The molecule has 3 rings (SSSR count). The number of nitrogens with one attached hydrogen (secondary N) is 3. The average Bonchev–Trinajstić information content (AvgIpc) is 2.84. The first-order valence-electron chi connectivity index (χ1n) is 10.5. The number of aromatic nitrogens is 4. The first-order valence-corrected chi connectivity index (χ1v) is 13.9. The van der Waals surface area contributed by atoms with Gasteiger partial charge in [-0.2, -0.15) is 21.8 Å². The number of hydrogen-bond acceptors (Lipinski definition) is 13. The smallest absolute Gasteiger partial charge is 0.397 e. The second kappa shape index (κ2) is 12.9. The molecule has 0 spiro atoms. The van der Waals surface area contributed by atoms with Gasteiger partial charge in [-0.05, 0) is 30.7 Å². The Balaban J connectivity index is 0.000000611. The minimum Gasteiger partial charge on any atom is -0.481 e. The summed E-state index contributed by atoms with van der Waals surface area (Å²) in [5.41, 5.74) is 6.47. The maximum Gasteiger partial charge on any atom is 0.397 e. The van der Waals surface area contributed by atoms with E-state index in [4.69, 9.17) is 25.1 Å². The van der Waals surface area contributed by atoms with Crippen molar-refractivity contribution in [3.05, 3.63) is 52.1 Å². The molecule has 1 amide bonds. The second-order valence-corrected chi connectivity index (χ2v) is 11.8. The lowest BCUT2D eigenvalue weighted by molar-refractivity contribution is -0.140. The van der Waals surface area contributed by atoms with Crippen molar-refractivity contribution < 1.29 is 50.5 Å². The molecule has 0 fully saturated rings. The number of aliphatic carboxylic acids is 2. The molecule has 2 aromatic heterocycles. The van der Waals surface area contributed by atoms with Crippen LogP contribution in [0, 0.1) is 0 Å². The van der Waals surface area contributed by atoms with E-state index in [1.54, 1.807) is 12.1 Å². The third kappa shape index (κ3) is 9.23. The van der Waals surface area contributed by atoms with Crippen molar-refractivity contribution in [3.63, 3.8) is 0 Å². The van der Waals surface area contributed by atoms with Crippen LogP contribution in [0.1, 0.15) is 28.9 Å². The highest BCUT2D eigenvalue weighted by atomic mass is 33.2. The summed E-state index contributed by atoms with van der Waals surface area (Å²) in [6.07, 6.45) is 0.840. The van der Waals surface area contributed by atoms with Gasteiger partial charge in [0.2, 0.25) is 5.95 Å². The molecule has 0 radical (unpaired) electrons. The number of nitrogens with two attached hydrogens (primary N) is 1. The molecule has 1 atom stereocenters. The molecule has 0 aliphatic rings. The number of nitrogens with zero attached hydrogens (tertiary/aromatic N) is 3. The van der Waals surface area contributed by atoms with Crippen LogP contribution in [0.2, 0.25) is 0 Å². The minimum atomic E-state index is -5.31. The summed E-state index contributed by atoms with van der Waals surface area (Å²) in [5.74, 6) is -3.16. The number of H-pyrrole nitrogens is 1. The Morgan fingerprint density at radius 1 is 1.00 bits per heavy atom. The van der Waals surface area contributed by atoms with E-state index in [0.717, 1.165) is 0 Å². The Morgan fingerprint density at radius 2 is 1.60 bits per heavy atom. The highest BCUT2D eigenvalue weighted by Crippen LogP contribution is 2.12. The fourth-order valence-corrected chi connectivity index (χ4v) is 2.75. The molecule has 21 heteroatoms. The Labute approximate surface area is 223 Å². The van der Waals surface area contributed by atoms with Gasteiger partial charge in [0.05, 0.1) is 18.4 Å². The topological polar surface area (TPSA) is 322 Å². The molecule has 1 aromatic carbocycles. The van der Waals surface area contributed by atoms with Gasteiger partial charge in [0, 0.05) is 17.7 Å². The quantitative estimate of drug-likeness (QED) is 0.0978. The van der Waals surface area contributed by atoms with Crippen molar-refractivity contribution >= 4 is 58.9 Å². The van der Waals surface area contributed by atoms with E-state index in [9.17, 15) is 36.0 Å². The van der Waals surface area contributed by atoms with E-state index >= 15 is 0 Å². The van der Waals surface area contributed by atoms with Gasteiger partial charge < -0.3 is 26.6 Å². The molecule has 3 aromatic rings. The first kappa shape index (κ1) is 31.5. The number of carbonyl (C=O) groups excluding carboxylic acids is 1. The highest BCUT2D eigenvalue weighted by molar-refractivity contribution is 8.62. The van der Waals surface area contributed by atoms with E-state index in [1.165, 1.54) is 18.3 Å². The lowest BCUT2D eigenvalue weighted by Gasteiger charge is -2.14. The highest BCUT2D eigenvalue weighted by Gasteiger charge is 2.23. The molecule has 0 aliphatic heterocycles. The first-order chi connectivity index (χ1) is 18.5. The predicted molar refractivity (Wildman–Crippen MR) is 135 cm³/mol. The number of amides is 1. The predicted octanol–water partition coefficient (Wildman–Crippen LogP) is -1.37. The third-order valence-electron chi connectivity index (χ3n) is 4.62.